The minimum Gasteiger partial charge on any atom is -0.497 e. The van der Waals surface area contributed by atoms with Crippen molar-refractivity contribution >= 4 is 23.9 Å². The average Bonchev–Trinajstić information content (AvgIpc) is 3.09. The minimum atomic E-state index is -1.03. The van der Waals surface area contributed by atoms with Crippen LogP contribution in [0.3, 0.4) is 0 Å². The van der Waals surface area contributed by atoms with Crippen LogP contribution in [0.25, 0.3) is 0 Å². The molecule has 1 aliphatic carbocycles. The number of allylic oxidation sites excluding steroid dienone is 4. The van der Waals surface area contributed by atoms with E-state index in [9.17, 15) is 19.2 Å². The molecular formula is C37H52O11. The van der Waals surface area contributed by atoms with Crippen LogP contribution in [0.2, 0.25) is 0 Å². The lowest BCUT2D eigenvalue weighted by Gasteiger charge is -2.30. The van der Waals surface area contributed by atoms with Crippen LogP contribution in [0.15, 0.2) is 60.1 Å². The van der Waals surface area contributed by atoms with Crippen LogP contribution in [0.1, 0.15) is 107 Å². The van der Waals surface area contributed by atoms with Crippen LogP contribution in [-0.4, -0.2) is 67.6 Å². The molecule has 0 heterocycles. The highest BCUT2D eigenvalue weighted by molar-refractivity contribution is 5.90. The maximum Gasteiger partial charge on any atom is 0.343 e. The summed E-state index contributed by atoms with van der Waals surface area (Å²) in [6.07, 6.45) is 15.9. The van der Waals surface area contributed by atoms with Gasteiger partial charge in [0.05, 0.1) is 32.5 Å². The monoisotopic (exact) mass is 672 g/mol. The van der Waals surface area contributed by atoms with Gasteiger partial charge in [-0.1, -0.05) is 25.5 Å². The van der Waals surface area contributed by atoms with E-state index in [4.69, 9.17) is 33.9 Å². The summed E-state index contributed by atoms with van der Waals surface area (Å²) < 4.78 is 27.3. The van der Waals surface area contributed by atoms with E-state index in [1.165, 1.54) is 7.11 Å². The van der Waals surface area contributed by atoms with Crippen LogP contribution in [0.5, 0.6) is 5.75 Å². The van der Waals surface area contributed by atoms with Crippen LogP contribution < -0.4 is 4.74 Å². The molecule has 2 rings (SSSR count). The van der Waals surface area contributed by atoms with Crippen LogP contribution in [0, 0.1) is 5.41 Å². The third kappa shape index (κ3) is 16.1. The zero-order chi connectivity index (χ0) is 35.0. The topological polar surface area (TPSA) is 155 Å². The molecule has 0 radical (unpaired) electrons. The summed E-state index contributed by atoms with van der Waals surface area (Å²) in [6.45, 7) is 3.37. The molecule has 11 nitrogen and oxygen atoms in total. The molecular weight excluding hydrogens is 620 g/mol. The van der Waals surface area contributed by atoms with E-state index in [0.717, 1.165) is 57.4 Å². The van der Waals surface area contributed by atoms with E-state index >= 15 is 0 Å². The van der Waals surface area contributed by atoms with Gasteiger partial charge in [0.15, 0.2) is 5.76 Å². The number of rotatable bonds is 25. The van der Waals surface area contributed by atoms with Gasteiger partial charge in [0, 0.05) is 37.4 Å². The van der Waals surface area contributed by atoms with Crippen molar-refractivity contribution in [1.29, 1.82) is 0 Å². The van der Waals surface area contributed by atoms with E-state index < -0.39 is 17.4 Å². The quantitative estimate of drug-likeness (QED) is 0.0486. The minimum absolute atomic E-state index is 0.145. The molecule has 48 heavy (non-hydrogen) atoms. The number of esters is 3. The fourth-order valence-electron chi connectivity index (χ4n) is 4.97. The number of hydrogen-bond donors (Lipinski definition) is 2. The molecule has 1 unspecified atom stereocenters. The predicted octanol–water partition coefficient (Wildman–Crippen LogP) is 6.84. The number of carbonyl (C=O) groups excluding carboxylic acids is 3. The van der Waals surface area contributed by atoms with Gasteiger partial charge in [0.25, 0.3) is 0 Å². The number of aliphatic hydroxyl groups excluding tert-OH is 1. The Morgan fingerprint density at radius 3 is 1.96 bits per heavy atom. The summed E-state index contributed by atoms with van der Waals surface area (Å²) in [5, 5.41) is 17.8. The zero-order valence-electron chi connectivity index (χ0n) is 28.4. The Kier molecular flexibility index (Phi) is 19.4. The average molecular weight is 673 g/mol. The van der Waals surface area contributed by atoms with Gasteiger partial charge in [0.2, 0.25) is 0 Å². The van der Waals surface area contributed by atoms with Crippen molar-refractivity contribution < 1.29 is 53.1 Å². The lowest BCUT2D eigenvalue weighted by molar-refractivity contribution is -0.145. The number of carboxylic acid groups (broad SMARTS) is 1. The Balaban J connectivity index is 1.55. The van der Waals surface area contributed by atoms with Crippen molar-refractivity contribution in [3.63, 3.8) is 0 Å². The van der Waals surface area contributed by atoms with Crippen molar-refractivity contribution in [3.05, 3.63) is 65.7 Å². The Labute approximate surface area is 283 Å². The Hall–Kier alpha value is -4.12. The zero-order valence-corrected chi connectivity index (χ0v) is 28.4. The molecule has 266 valence electrons. The van der Waals surface area contributed by atoms with Gasteiger partial charge in [-0.3, -0.25) is 9.59 Å². The number of hydrogen-bond acceptors (Lipinski definition) is 10. The van der Waals surface area contributed by atoms with Gasteiger partial charge in [-0.25, -0.2) is 9.59 Å². The molecule has 0 saturated carbocycles. The number of ether oxygens (including phenoxy) is 5. The van der Waals surface area contributed by atoms with E-state index in [1.54, 1.807) is 36.4 Å². The molecule has 0 fully saturated rings. The van der Waals surface area contributed by atoms with Crippen molar-refractivity contribution in [1.82, 2.24) is 0 Å². The number of methoxy groups -OCH3 is 1. The number of aliphatic carboxylic acids is 1. The molecule has 1 aromatic rings. The van der Waals surface area contributed by atoms with E-state index in [0.29, 0.717) is 81.2 Å². The third-order valence-electron chi connectivity index (χ3n) is 7.98. The molecule has 1 aromatic carbocycles. The summed E-state index contributed by atoms with van der Waals surface area (Å²) in [6, 6.07) is 6.70. The Morgan fingerprint density at radius 1 is 0.812 bits per heavy atom. The molecule has 2 N–H and O–H groups in total. The van der Waals surface area contributed by atoms with Crippen molar-refractivity contribution in [3.8, 4) is 5.75 Å². The largest absolute Gasteiger partial charge is 0.497 e. The maximum atomic E-state index is 12.8. The first-order valence-corrected chi connectivity index (χ1v) is 17.0. The van der Waals surface area contributed by atoms with Crippen LogP contribution >= 0.6 is 0 Å². The van der Waals surface area contributed by atoms with Crippen molar-refractivity contribution in [2.45, 2.75) is 96.8 Å². The second kappa shape index (κ2) is 23.2. The molecule has 1 atom stereocenters. The fourth-order valence-corrected chi connectivity index (χ4v) is 4.97. The standard InChI is InChI=1S/C37H52O11/c1-3-37(23-21-33(39)40)22-20-31(32(28-37)44-2)48-36(43)29-16-18-30(19-17-29)45-25-11-4-5-12-26-46-35(42)15-9-7-13-27-47-34(41)14-8-6-10-24-38/h16-23,38H,3-15,24-28H2,1-2H3,(H,39,40). The molecule has 11 heteroatoms. The van der Waals surface area contributed by atoms with Gasteiger partial charge < -0.3 is 33.9 Å². The summed E-state index contributed by atoms with van der Waals surface area (Å²) >= 11 is 0. The summed E-state index contributed by atoms with van der Waals surface area (Å²) in [5.41, 5.74) is -0.176. The summed E-state index contributed by atoms with van der Waals surface area (Å²) in [7, 11) is 1.49. The lowest BCUT2D eigenvalue weighted by Crippen LogP contribution is -2.21. The number of unbranched alkanes of at least 4 members (excludes halogenated alkanes) is 7. The van der Waals surface area contributed by atoms with Crippen LogP contribution in [-0.2, 0) is 33.3 Å². The molecule has 1 aliphatic rings. The highest BCUT2D eigenvalue weighted by atomic mass is 16.6. The van der Waals surface area contributed by atoms with E-state index in [2.05, 4.69) is 0 Å². The van der Waals surface area contributed by atoms with Gasteiger partial charge >= 0.3 is 23.9 Å². The van der Waals surface area contributed by atoms with E-state index in [-0.39, 0.29) is 18.5 Å². The second-order valence-corrected chi connectivity index (χ2v) is 11.7. The molecule has 0 spiro atoms. The first-order chi connectivity index (χ1) is 23.2. The van der Waals surface area contributed by atoms with E-state index in [1.807, 2.05) is 13.0 Å². The van der Waals surface area contributed by atoms with Crippen molar-refractivity contribution in [2.75, 3.05) is 33.5 Å². The smallest absolute Gasteiger partial charge is 0.343 e. The number of carboxylic acids is 1. The molecule has 0 aromatic heterocycles. The summed E-state index contributed by atoms with van der Waals surface area (Å²) in [4.78, 5) is 47.3. The molecule has 0 amide bonds. The van der Waals surface area contributed by atoms with Crippen LogP contribution in [0.4, 0.5) is 0 Å². The molecule has 0 saturated heterocycles. The van der Waals surface area contributed by atoms with Gasteiger partial charge in [-0.2, -0.15) is 0 Å². The van der Waals surface area contributed by atoms with Gasteiger partial charge in [0.1, 0.15) is 11.5 Å². The normalized spacial score (nSPS) is 15.7. The second-order valence-electron chi connectivity index (χ2n) is 11.7. The maximum absolute atomic E-state index is 12.8. The first kappa shape index (κ1) is 40.1. The highest BCUT2D eigenvalue weighted by Crippen LogP contribution is 2.39. The van der Waals surface area contributed by atoms with Crippen molar-refractivity contribution in [2.24, 2.45) is 5.41 Å². The number of benzene rings is 1. The lowest BCUT2D eigenvalue weighted by atomic mass is 9.77. The number of carbonyl (C=O) groups is 4. The Morgan fingerprint density at radius 2 is 1.40 bits per heavy atom. The van der Waals surface area contributed by atoms with Gasteiger partial charge in [-0.15, -0.1) is 0 Å². The Bertz CT molecular complexity index is 1230. The molecule has 0 aliphatic heterocycles. The SMILES string of the molecule is CCC1(C=CC(=O)O)C=CC(OC(=O)c2ccc(OCCCCCCOC(=O)CCCCCOC(=O)CCCCCO)cc2)=C(OC)C1. The molecule has 0 bridgehead atoms. The van der Waals surface area contributed by atoms with Gasteiger partial charge in [-0.05, 0) is 94.5 Å². The summed E-state index contributed by atoms with van der Waals surface area (Å²) in [5.74, 6) is -0.590. The first-order valence-electron chi connectivity index (χ1n) is 17.0. The highest BCUT2D eigenvalue weighted by Gasteiger charge is 2.31. The number of aliphatic hydroxyl groups is 1. The predicted molar refractivity (Wildman–Crippen MR) is 179 cm³/mol. The fraction of sp³-hybridized carbons (Fsp3) is 0.568. The third-order valence-corrected chi connectivity index (χ3v) is 7.98.